The number of amidine groups is 1. The number of carbonyl (C=O) groups is 1. The lowest BCUT2D eigenvalue weighted by molar-refractivity contribution is -0.130. The molecule has 1 amide bonds. The largest absolute Gasteiger partial charge is 0.353 e. The third kappa shape index (κ3) is 3.19. The van der Waals surface area contributed by atoms with Gasteiger partial charge in [-0.3, -0.25) is 9.79 Å². The molecule has 1 aliphatic carbocycles. The van der Waals surface area contributed by atoms with E-state index < -0.39 is 0 Å². The molecule has 1 N–H and O–H groups in total. The van der Waals surface area contributed by atoms with Crippen LogP contribution in [0.2, 0.25) is 0 Å². The molecular formula is C13H23N3OS. The summed E-state index contributed by atoms with van der Waals surface area (Å²) in [6, 6.07) is 0.301. The number of nitrogens with one attached hydrogen (secondary N) is 1. The van der Waals surface area contributed by atoms with Crippen molar-refractivity contribution in [1.82, 2.24) is 10.2 Å². The highest BCUT2D eigenvalue weighted by Gasteiger charge is 2.30. The summed E-state index contributed by atoms with van der Waals surface area (Å²) >= 11 is 1.77. The van der Waals surface area contributed by atoms with Crippen LogP contribution in [0.1, 0.15) is 32.6 Å². The van der Waals surface area contributed by atoms with E-state index in [1.54, 1.807) is 30.8 Å². The lowest BCUT2D eigenvalue weighted by Gasteiger charge is -2.33. The van der Waals surface area contributed by atoms with E-state index in [0.29, 0.717) is 6.04 Å². The van der Waals surface area contributed by atoms with Crippen LogP contribution in [0.4, 0.5) is 0 Å². The van der Waals surface area contributed by atoms with Gasteiger partial charge in [-0.2, -0.15) is 0 Å². The number of aliphatic imine (C=N–C) groups is 1. The Kier molecular flexibility index (Phi) is 4.54. The molecule has 1 saturated carbocycles. The average Bonchev–Trinajstić information content (AvgIpc) is 2.37. The zero-order valence-electron chi connectivity index (χ0n) is 11.5. The number of rotatable bonds is 2. The van der Waals surface area contributed by atoms with Crippen molar-refractivity contribution < 1.29 is 4.79 Å². The molecule has 0 bridgehead atoms. The molecule has 4 nitrogen and oxygen atoms in total. The standard InChI is InChI=1S/C13H23N3OS/c1-9(12(17)16(2)3)14-13-15-11-7-5-4-6-10(11)8-18-13/h9-11H,4-8H2,1-3H3,(H,14,15). The smallest absolute Gasteiger partial charge is 0.244 e. The molecule has 2 rings (SSSR count). The van der Waals surface area contributed by atoms with Gasteiger partial charge in [-0.15, -0.1) is 0 Å². The van der Waals surface area contributed by atoms with Crippen molar-refractivity contribution in [1.29, 1.82) is 0 Å². The Bertz CT molecular complexity index is 343. The monoisotopic (exact) mass is 269 g/mol. The first-order valence-electron chi connectivity index (χ1n) is 6.76. The molecule has 0 aromatic rings. The van der Waals surface area contributed by atoms with Gasteiger partial charge in [-0.1, -0.05) is 24.6 Å². The predicted octanol–water partition coefficient (Wildman–Crippen LogP) is 1.71. The Morgan fingerprint density at radius 2 is 2.17 bits per heavy atom. The van der Waals surface area contributed by atoms with Crippen molar-refractivity contribution in [3.63, 3.8) is 0 Å². The molecule has 1 aliphatic heterocycles. The predicted molar refractivity (Wildman–Crippen MR) is 76.9 cm³/mol. The number of fused-ring (bicyclic) bond motifs is 1. The van der Waals surface area contributed by atoms with Gasteiger partial charge in [0.2, 0.25) is 5.91 Å². The molecule has 2 aliphatic rings. The minimum atomic E-state index is -0.189. The van der Waals surface area contributed by atoms with Crippen LogP contribution in [0.3, 0.4) is 0 Å². The van der Waals surface area contributed by atoms with Crippen molar-refractivity contribution >= 4 is 22.8 Å². The quantitative estimate of drug-likeness (QED) is 0.830. The van der Waals surface area contributed by atoms with E-state index in [9.17, 15) is 4.79 Å². The van der Waals surface area contributed by atoms with Crippen molar-refractivity contribution in [2.24, 2.45) is 10.9 Å². The number of likely N-dealkylation sites (N-methyl/N-ethyl adjacent to an activating group) is 1. The van der Waals surface area contributed by atoms with Crippen LogP contribution in [-0.4, -0.2) is 47.9 Å². The molecule has 1 fully saturated rings. The molecular weight excluding hydrogens is 246 g/mol. The molecule has 0 spiro atoms. The van der Waals surface area contributed by atoms with Gasteiger partial charge < -0.3 is 10.2 Å². The fraction of sp³-hybridized carbons (Fsp3) is 0.846. The zero-order chi connectivity index (χ0) is 13.1. The van der Waals surface area contributed by atoms with Crippen LogP contribution in [0.25, 0.3) is 0 Å². The third-order valence-electron chi connectivity index (χ3n) is 3.74. The summed E-state index contributed by atoms with van der Waals surface area (Å²) in [5.41, 5.74) is 0. The van der Waals surface area contributed by atoms with Crippen molar-refractivity contribution in [3.8, 4) is 0 Å². The van der Waals surface area contributed by atoms with Crippen LogP contribution >= 0.6 is 11.8 Å². The maximum atomic E-state index is 11.8. The molecule has 1 heterocycles. The summed E-state index contributed by atoms with van der Waals surface area (Å²) in [5.74, 6) is 2.01. The van der Waals surface area contributed by atoms with E-state index >= 15 is 0 Å². The highest BCUT2D eigenvalue weighted by atomic mass is 32.2. The summed E-state index contributed by atoms with van der Waals surface area (Å²) < 4.78 is 0. The number of hydrogen-bond acceptors (Lipinski definition) is 4. The second kappa shape index (κ2) is 5.95. The topological polar surface area (TPSA) is 44.7 Å². The molecule has 0 aromatic carbocycles. The molecule has 3 atom stereocenters. The highest BCUT2D eigenvalue weighted by molar-refractivity contribution is 8.13. The fourth-order valence-electron chi connectivity index (χ4n) is 2.64. The van der Waals surface area contributed by atoms with Crippen molar-refractivity contribution in [2.75, 3.05) is 19.8 Å². The van der Waals surface area contributed by atoms with E-state index in [2.05, 4.69) is 5.32 Å². The van der Waals surface area contributed by atoms with Gasteiger partial charge >= 0.3 is 0 Å². The molecule has 0 aromatic heterocycles. The summed E-state index contributed by atoms with van der Waals surface area (Å²) in [4.78, 5) is 18.2. The maximum Gasteiger partial charge on any atom is 0.244 e. The van der Waals surface area contributed by atoms with Crippen molar-refractivity contribution in [3.05, 3.63) is 0 Å². The summed E-state index contributed by atoms with van der Waals surface area (Å²) in [5, 5.41) is 4.21. The number of nitrogens with zero attached hydrogens (tertiary/aromatic N) is 2. The van der Waals surface area contributed by atoms with Crippen LogP contribution in [0.5, 0.6) is 0 Å². The van der Waals surface area contributed by atoms with E-state index in [1.165, 1.54) is 25.7 Å². The van der Waals surface area contributed by atoms with Gasteiger partial charge in [0.05, 0.1) is 6.04 Å². The molecule has 5 heteroatoms. The van der Waals surface area contributed by atoms with Gasteiger partial charge in [0, 0.05) is 19.8 Å². The Labute approximate surface area is 114 Å². The summed E-state index contributed by atoms with van der Waals surface area (Å²) in [6.07, 6.45) is 5.19. The Hall–Kier alpha value is -0.710. The van der Waals surface area contributed by atoms with E-state index in [0.717, 1.165) is 16.8 Å². The minimum Gasteiger partial charge on any atom is -0.353 e. The number of hydrogen-bond donors (Lipinski definition) is 1. The normalized spacial score (nSPS) is 28.9. The van der Waals surface area contributed by atoms with Gasteiger partial charge in [-0.25, -0.2) is 0 Å². The maximum absolute atomic E-state index is 11.8. The molecule has 102 valence electrons. The first-order valence-corrected chi connectivity index (χ1v) is 7.75. The molecule has 18 heavy (non-hydrogen) atoms. The number of amides is 1. The Morgan fingerprint density at radius 3 is 2.89 bits per heavy atom. The Morgan fingerprint density at radius 1 is 1.44 bits per heavy atom. The van der Waals surface area contributed by atoms with E-state index in [1.807, 2.05) is 6.92 Å². The second-order valence-corrected chi connectivity index (χ2v) is 6.46. The van der Waals surface area contributed by atoms with Gasteiger partial charge in [0.1, 0.15) is 6.04 Å². The third-order valence-corrected chi connectivity index (χ3v) is 4.83. The van der Waals surface area contributed by atoms with Gasteiger partial charge in [0.25, 0.3) is 0 Å². The van der Waals surface area contributed by atoms with Crippen molar-refractivity contribution in [2.45, 2.75) is 44.7 Å². The SMILES string of the molecule is CC(NC1=NC2CCCCC2CS1)C(=O)N(C)C. The van der Waals surface area contributed by atoms with E-state index in [-0.39, 0.29) is 11.9 Å². The van der Waals surface area contributed by atoms with Gasteiger partial charge in [-0.05, 0) is 25.7 Å². The van der Waals surface area contributed by atoms with Gasteiger partial charge in [0.15, 0.2) is 5.17 Å². The van der Waals surface area contributed by atoms with Crippen LogP contribution < -0.4 is 5.32 Å². The second-order valence-electron chi connectivity index (χ2n) is 5.46. The molecule has 0 saturated heterocycles. The molecule has 0 radical (unpaired) electrons. The summed E-state index contributed by atoms with van der Waals surface area (Å²) in [7, 11) is 3.57. The average molecular weight is 269 g/mol. The Balaban J connectivity index is 1.93. The highest BCUT2D eigenvalue weighted by Crippen LogP contribution is 2.33. The molecule has 3 unspecified atom stereocenters. The van der Waals surface area contributed by atoms with Crippen LogP contribution in [0.15, 0.2) is 4.99 Å². The number of thioether (sulfide) groups is 1. The summed E-state index contributed by atoms with van der Waals surface area (Å²) in [6.45, 7) is 1.90. The van der Waals surface area contributed by atoms with Crippen LogP contribution in [0, 0.1) is 5.92 Å². The number of carbonyl (C=O) groups excluding carboxylic acids is 1. The minimum absolute atomic E-state index is 0.101. The van der Waals surface area contributed by atoms with E-state index in [4.69, 9.17) is 4.99 Å². The fourth-order valence-corrected chi connectivity index (χ4v) is 3.87. The first-order chi connectivity index (χ1) is 8.58. The lowest BCUT2D eigenvalue weighted by Crippen LogP contribution is -2.45. The first kappa shape index (κ1) is 13.7. The zero-order valence-corrected chi connectivity index (χ0v) is 12.3. The van der Waals surface area contributed by atoms with Crippen LogP contribution in [-0.2, 0) is 4.79 Å². The lowest BCUT2D eigenvalue weighted by atomic mass is 9.86.